The second-order valence-electron chi connectivity index (χ2n) is 7.39. The zero-order valence-electron chi connectivity index (χ0n) is 17.5. The van der Waals surface area contributed by atoms with E-state index in [-0.39, 0.29) is 11.4 Å². The molecule has 1 aliphatic heterocycles. The van der Waals surface area contributed by atoms with Gasteiger partial charge in [-0.3, -0.25) is 4.90 Å². The summed E-state index contributed by atoms with van der Waals surface area (Å²) in [6.45, 7) is 6.55. The SMILES string of the molecule is CC.N#Cc1ccc(O)cc1.Oc1ccc(C(O)CN2C[C@H]3CCC[C@H]3C2)nc1F. The lowest BCUT2D eigenvalue weighted by molar-refractivity contribution is 0.117. The van der Waals surface area contributed by atoms with Gasteiger partial charge in [0.2, 0.25) is 0 Å². The predicted octanol–water partition coefficient (Wildman–Crippen LogP) is 3.98. The van der Waals surface area contributed by atoms with Crippen LogP contribution in [0.25, 0.3) is 0 Å². The molecule has 3 N–H and O–H groups in total. The van der Waals surface area contributed by atoms with Crippen LogP contribution >= 0.6 is 0 Å². The fourth-order valence-electron chi connectivity index (χ4n) is 3.98. The third-order valence-corrected chi connectivity index (χ3v) is 5.42. The summed E-state index contributed by atoms with van der Waals surface area (Å²) in [6.07, 6.45) is 3.12. The Balaban J connectivity index is 0.000000245. The van der Waals surface area contributed by atoms with E-state index in [9.17, 15) is 9.50 Å². The molecule has 4 rings (SSSR count). The number of pyridine rings is 1. The molecule has 1 saturated heterocycles. The summed E-state index contributed by atoms with van der Waals surface area (Å²) in [4.78, 5) is 5.84. The number of nitrogens with zero attached hydrogens (tertiary/aromatic N) is 3. The predicted molar refractivity (Wildman–Crippen MR) is 112 cm³/mol. The normalized spacial score (nSPS) is 20.8. The van der Waals surface area contributed by atoms with Crippen molar-refractivity contribution in [1.82, 2.24) is 9.88 Å². The largest absolute Gasteiger partial charge is 0.508 e. The molecule has 0 bridgehead atoms. The number of nitriles is 1. The lowest BCUT2D eigenvalue weighted by Gasteiger charge is -2.20. The maximum atomic E-state index is 13.2. The van der Waals surface area contributed by atoms with Crippen molar-refractivity contribution in [3.8, 4) is 17.6 Å². The molecule has 2 aliphatic rings. The van der Waals surface area contributed by atoms with Crippen LogP contribution in [0.5, 0.6) is 11.5 Å². The van der Waals surface area contributed by atoms with Crippen LogP contribution in [-0.2, 0) is 0 Å². The number of halogens is 1. The molecule has 162 valence electrons. The summed E-state index contributed by atoms with van der Waals surface area (Å²) in [5.74, 6) is 0.337. The lowest BCUT2D eigenvalue weighted by Crippen LogP contribution is -2.27. The van der Waals surface area contributed by atoms with E-state index in [0.29, 0.717) is 12.1 Å². The quantitative estimate of drug-likeness (QED) is 0.656. The number of hydrogen-bond donors (Lipinski definition) is 3. The highest BCUT2D eigenvalue weighted by Crippen LogP contribution is 2.38. The highest BCUT2D eigenvalue weighted by molar-refractivity contribution is 5.33. The number of benzene rings is 1. The van der Waals surface area contributed by atoms with Gasteiger partial charge in [0.25, 0.3) is 5.95 Å². The van der Waals surface area contributed by atoms with E-state index < -0.39 is 17.8 Å². The Labute approximate surface area is 177 Å². The molecular formula is C23H30FN3O3. The summed E-state index contributed by atoms with van der Waals surface area (Å²) in [7, 11) is 0. The molecule has 2 heterocycles. The third-order valence-electron chi connectivity index (χ3n) is 5.42. The average molecular weight is 416 g/mol. The van der Waals surface area contributed by atoms with Gasteiger partial charge in [-0.15, -0.1) is 0 Å². The number of β-amino-alcohol motifs (C(OH)–C–C–N with tert-alkyl or cyclic N) is 1. The minimum atomic E-state index is -0.921. The molecule has 1 unspecified atom stereocenters. The highest BCUT2D eigenvalue weighted by Gasteiger charge is 2.36. The number of phenolic OH excluding ortho intramolecular Hbond substituents is 1. The van der Waals surface area contributed by atoms with Crippen molar-refractivity contribution in [2.24, 2.45) is 11.8 Å². The number of aromatic hydroxyl groups is 2. The van der Waals surface area contributed by atoms with Crippen LogP contribution in [0.2, 0.25) is 0 Å². The Bertz CT molecular complexity index is 827. The van der Waals surface area contributed by atoms with Crippen LogP contribution in [0.4, 0.5) is 4.39 Å². The topological polar surface area (TPSA) is 101 Å². The molecule has 30 heavy (non-hydrogen) atoms. The zero-order chi connectivity index (χ0) is 22.1. The molecule has 1 aromatic heterocycles. The monoisotopic (exact) mass is 415 g/mol. The van der Waals surface area contributed by atoms with Gasteiger partial charge in [0.05, 0.1) is 17.3 Å². The van der Waals surface area contributed by atoms with E-state index >= 15 is 0 Å². The summed E-state index contributed by atoms with van der Waals surface area (Å²) in [5, 5.41) is 36.2. The molecule has 0 radical (unpaired) electrons. The van der Waals surface area contributed by atoms with Crippen molar-refractivity contribution in [2.75, 3.05) is 19.6 Å². The summed E-state index contributed by atoms with van der Waals surface area (Å²) >= 11 is 0. The van der Waals surface area contributed by atoms with Gasteiger partial charge in [-0.25, -0.2) is 4.98 Å². The van der Waals surface area contributed by atoms with Gasteiger partial charge >= 0.3 is 0 Å². The van der Waals surface area contributed by atoms with E-state index in [2.05, 4.69) is 9.88 Å². The number of likely N-dealkylation sites (tertiary alicyclic amines) is 1. The standard InChI is InChI=1S/C14H19FN2O2.C7H5NO.C2H6/c15-14-12(18)5-4-11(16-14)13(19)8-17-6-9-2-1-3-10(9)7-17;8-5-6-1-3-7(9)4-2-6;1-2/h4-5,9-10,13,18-19H,1-3,6-8H2;1-4,9H;1-2H3/t9-,10+,13?;;. The first-order valence-electron chi connectivity index (χ1n) is 10.4. The fraction of sp³-hybridized carbons (Fsp3) is 0.478. The van der Waals surface area contributed by atoms with Crippen molar-refractivity contribution >= 4 is 0 Å². The number of phenols is 1. The molecule has 2 aromatic rings. The van der Waals surface area contributed by atoms with Gasteiger partial charge in [0.15, 0.2) is 5.75 Å². The summed E-state index contributed by atoms with van der Waals surface area (Å²) in [5.41, 5.74) is 0.847. The molecule has 1 aromatic carbocycles. The molecule has 7 heteroatoms. The summed E-state index contributed by atoms with van der Waals surface area (Å²) in [6, 6.07) is 10.7. The van der Waals surface area contributed by atoms with Crippen molar-refractivity contribution in [1.29, 1.82) is 5.26 Å². The average Bonchev–Trinajstić information content (AvgIpc) is 3.34. The molecule has 1 aliphatic carbocycles. The van der Waals surface area contributed by atoms with Gasteiger partial charge in [0.1, 0.15) is 11.9 Å². The molecule has 1 saturated carbocycles. The van der Waals surface area contributed by atoms with Crippen LogP contribution in [0.15, 0.2) is 36.4 Å². The molecule has 0 amide bonds. The van der Waals surface area contributed by atoms with Crippen LogP contribution in [0.3, 0.4) is 0 Å². The highest BCUT2D eigenvalue weighted by atomic mass is 19.1. The van der Waals surface area contributed by atoms with Gasteiger partial charge in [0, 0.05) is 19.6 Å². The maximum Gasteiger partial charge on any atom is 0.255 e. The number of aromatic nitrogens is 1. The van der Waals surface area contributed by atoms with Crippen LogP contribution < -0.4 is 0 Å². The van der Waals surface area contributed by atoms with E-state index in [1.54, 1.807) is 12.1 Å². The van der Waals surface area contributed by atoms with Crippen molar-refractivity contribution in [2.45, 2.75) is 39.2 Å². The lowest BCUT2D eigenvalue weighted by atomic mass is 10.0. The summed E-state index contributed by atoms with van der Waals surface area (Å²) < 4.78 is 13.2. The van der Waals surface area contributed by atoms with Gasteiger partial charge < -0.3 is 15.3 Å². The Morgan fingerprint density at radius 1 is 1.10 bits per heavy atom. The van der Waals surface area contributed by atoms with Crippen LogP contribution in [0.1, 0.15) is 50.5 Å². The van der Waals surface area contributed by atoms with Crippen molar-refractivity contribution in [3.63, 3.8) is 0 Å². The number of aliphatic hydroxyl groups excluding tert-OH is 1. The van der Waals surface area contributed by atoms with Crippen LogP contribution in [0, 0.1) is 29.1 Å². The fourth-order valence-corrected chi connectivity index (χ4v) is 3.98. The third kappa shape index (κ3) is 6.41. The van der Waals surface area contributed by atoms with E-state index in [4.69, 9.17) is 15.5 Å². The molecule has 6 nitrogen and oxygen atoms in total. The van der Waals surface area contributed by atoms with E-state index in [1.807, 2.05) is 19.9 Å². The number of hydrogen-bond acceptors (Lipinski definition) is 6. The van der Waals surface area contributed by atoms with E-state index in [1.165, 1.54) is 43.5 Å². The van der Waals surface area contributed by atoms with Gasteiger partial charge in [-0.2, -0.15) is 9.65 Å². The molecule has 2 fully saturated rings. The van der Waals surface area contributed by atoms with Crippen molar-refractivity contribution in [3.05, 3.63) is 53.6 Å². The molecule has 0 spiro atoms. The Morgan fingerprint density at radius 3 is 2.23 bits per heavy atom. The second-order valence-corrected chi connectivity index (χ2v) is 7.39. The number of rotatable bonds is 3. The molecule has 3 atom stereocenters. The first kappa shape index (κ1) is 23.6. The Hall–Kier alpha value is -2.69. The number of aliphatic hydroxyl groups is 1. The first-order valence-corrected chi connectivity index (χ1v) is 10.4. The zero-order valence-corrected chi connectivity index (χ0v) is 17.5. The first-order chi connectivity index (χ1) is 14.5. The van der Waals surface area contributed by atoms with Gasteiger partial charge in [-0.05, 0) is 61.1 Å². The number of fused-ring (bicyclic) bond motifs is 1. The Kier molecular flexibility index (Phi) is 9.03. The van der Waals surface area contributed by atoms with Gasteiger partial charge in [-0.1, -0.05) is 20.3 Å². The van der Waals surface area contributed by atoms with Crippen molar-refractivity contribution < 1.29 is 19.7 Å². The van der Waals surface area contributed by atoms with Crippen LogP contribution in [-0.4, -0.2) is 44.8 Å². The second kappa shape index (κ2) is 11.5. The molecular weight excluding hydrogens is 385 g/mol. The van der Waals surface area contributed by atoms with E-state index in [0.717, 1.165) is 24.9 Å². The maximum absolute atomic E-state index is 13.2. The minimum absolute atomic E-state index is 0.189. The Morgan fingerprint density at radius 2 is 1.70 bits per heavy atom. The smallest absolute Gasteiger partial charge is 0.255 e. The minimum Gasteiger partial charge on any atom is -0.508 e.